The molecule has 3 heterocycles. The van der Waals surface area contributed by atoms with Gasteiger partial charge in [0.1, 0.15) is 0 Å². The van der Waals surface area contributed by atoms with E-state index in [1.165, 1.54) is 0 Å². The van der Waals surface area contributed by atoms with Crippen molar-refractivity contribution in [3.63, 3.8) is 0 Å². The van der Waals surface area contributed by atoms with Crippen molar-refractivity contribution in [1.29, 1.82) is 0 Å². The van der Waals surface area contributed by atoms with Crippen LogP contribution in [0.3, 0.4) is 0 Å². The largest absolute Gasteiger partial charge is 0.275 e. The number of fused-ring (bicyclic) bond motifs is 1. The van der Waals surface area contributed by atoms with Gasteiger partial charge < -0.3 is 0 Å². The number of rotatable bonds is 4. The highest BCUT2D eigenvalue weighted by Gasteiger charge is 2.20. The van der Waals surface area contributed by atoms with Crippen molar-refractivity contribution in [2.75, 3.05) is 0 Å². The second-order valence-corrected chi connectivity index (χ2v) is 8.29. The molecule has 5 aromatic rings. The molecule has 168 valence electrons. The molecule has 5 rings (SSSR count). The van der Waals surface area contributed by atoms with Gasteiger partial charge in [-0.3, -0.25) is 14.2 Å². The van der Waals surface area contributed by atoms with Crippen LogP contribution in [0.25, 0.3) is 49.1 Å². The third-order valence-corrected chi connectivity index (χ3v) is 6.27. The molecule has 0 saturated heterocycles. The van der Waals surface area contributed by atoms with Gasteiger partial charge in [0.05, 0.1) is 35.7 Å². The van der Waals surface area contributed by atoms with E-state index >= 15 is 0 Å². The molecule has 3 aromatic heterocycles. The summed E-state index contributed by atoms with van der Waals surface area (Å²) in [7, 11) is 3.75. The third-order valence-electron chi connectivity index (χ3n) is 6.27. The van der Waals surface area contributed by atoms with Gasteiger partial charge in [-0.1, -0.05) is 25.1 Å². The maximum absolute atomic E-state index is 12.3. The Bertz CT molecular complexity index is 1660. The van der Waals surface area contributed by atoms with Gasteiger partial charge in [-0.05, 0) is 42.2 Å². The summed E-state index contributed by atoms with van der Waals surface area (Å²) in [4.78, 5) is 16.2. The SMILES string of the molecule is [C-]#[N+]c1c(-c2c(-c3ccc4c(=O)[nH]nc(CC)c4c3)cnn2C)ccc(-c2cnn(C)c2)c1C. The highest BCUT2D eigenvalue weighted by molar-refractivity contribution is 5.94. The molecule has 0 saturated carbocycles. The van der Waals surface area contributed by atoms with Crippen molar-refractivity contribution in [3.8, 4) is 33.5 Å². The summed E-state index contributed by atoms with van der Waals surface area (Å²) in [5.41, 5.74) is 7.54. The lowest BCUT2D eigenvalue weighted by atomic mass is 9.93. The fraction of sp³-hybridized carbons (Fsp3) is 0.192. The van der Waals surface area contributed by atoms with E-state index in [1.54, 1.807) is 21.8 Å². The molecule has 0 aliphatic carbocycles. The van der Waals surface area contributed by atoms with Gasteiger partial charge in [0, 0.05) is 42.4 Å². The van der Waals surface area contributed by atoms with Crippen LogP contribution >= 0.6 is 0 Å². The van der Waals surface area contributed by atoms with E-state index in [0.29, 0.717) is 17.5 Å². The molecule has 0 unspecified atom stereocenters. The number of nitrogens with zero attached hydrogens (tertiary/aromatic N) is 6. The van der Waals surface area contributed by atoms with Gasteiger partial charge in [-0.2, -0.15) is 15.3 Å². The van der Waals surface area contributed by atoms with Crippen LogP contribution < -0.4 is 5.56 Å². The van der Waals surface area contributed by atoms with E-state index in [4.69, 9.17) is 6.57 Å². The van der Waals surface area contributed by atoms with Crippen LogP contribution in [0, 0.1) is 13.5 Å². The first kappa shape index (κ1) is 21.3. The Hall–Kier alpha value is -4.51. The Kier molecular flexibility index (Phi) is 5.10. The molecule has 8 heteroatoms. The van der Waals surface area contributed by atoms with Crippen LogP contribution in [0.1, 0.15) is 18.2 Å². The molecule has 0 fully saturated rings. The highest BCUT2D eigenvalue weighted by atomic mass is 16.1. The van der Waals surface area contributed by atoms with E-state index in [2.05, 4.69) is 25.2 Å². The molecular weight excluding hydrogens is 426 g/mol. The van der Waals surface area contributed by atoms with Gasteiger partial charge in [0.25, 0.3) is 5.56 Å². The molecule has 0 radical (unpaired) electrons. The Labute approximate surface area is 196 Å². The van der Waals surface area contributed by atoms with Crippen molar-refractivity contribution in [2.24, 2.45) is 14.1 Å². The fourth-order valence-corrected chi connectivity index (χ4v) is 4.53. The summed E-state index contributed by atoms with van der Waals surface area (Å²) in [5.74, 6) is 0. The van der Waals surface area contributed by atoms with E-state index in [9.17, 15) is 4.79 Å². The summed E-state index contributed by atoms with van der Waals surface area (Å²) < 4.78 is 3.55. The van der Waals surface area contributed by atoms with E-state index < -0.39 is 0 Å². The lowest BCUT2D eigenvalue weighted by molar-refractivity contribution is 0.768. The molecule has 34 heavy (non-hydrogen) atoms. The van der Waals surface area contributed by atoms with E-state index in [1.807, 2.05) is 64.5 Å². The maximum Gasteiger partial charge on any atom is 0.272 e. The van der Waals surface area contributed by atoms with Gasteiger partial charge in [-0.25, -0.2) is 9.94 Å². The number of aromatic nitrogens is 6. The zero-order chi connectivity index (χ0) is 24.0. The average Bonchev–Trinajstić information content (AvgIpc) is 3.44. The number of hydrogen-bond donors (Lipinski definition) is 1. The number of aryl methyl sites for hydroxylation is 3. The van der Waals surface area contributed by atoms with Crippen molar-refractivity contribution in [1.82, 2.24) is 29.8 Å². The quantitative estimate of drug-likeness (QED) is 0.399. The van der Waals surface area contributed by atoms with Crippen molar-refractivity contribution < 1.29 is 0 Å². The van der Waals surface area contributed by atoms with Crippen LogP contribution in [-0.2, 0) is 20.5 Å². The number of benzene rings is 2. The fourth-order valence-electron chi connectivity index (χ4n) is 4.53. The second-order valence-electron chi connectivity index (χ2n) is 8.29. The van der Waals surface area contributed by atoms with E-state index in [-0.39, 0.29) is 5.56 Å². The molecule has 8 nitrogen and oxygen atoms in total. The first-order valence-corrected chi connectivity index (χ1v) is 11.0. The maximum atomic E-state index is 12.3. The second kappa shape index (κ2) is 8.12. The lowest BCUT2D eigenvalue weighted by Crippen LogP contribution is -2.10. The zero-order valence-electron chi connectivity index (χ0n) is 19.4. The molecule has 0 aliphatic heterocycles. The predicted molar refractivity (Wildman–Crippen MR) is 133 cm³/mol. The van der Waals surface area contributed by atoms with Crippen molar-refractivity contribution in [3.05, 3.63) is 82.0 Å². The number of aromatic amines is 1. The zero-order valence-corrected chi connectivity index (χ0v) is 19.4. The molecule has 0 spiro atoms. The predicted octanol–water partition coefficient (Wildman–Crippen LogP) is 4.81. The van der Waals surface area contributed by atoms with Gasteiger partial charge >= 0.3 is 0 Å². The topological polar surface area (TPSA) is 85.8 Å². The number of hydrogen-bond acceptors (Lipinski definition) is 4. The summed E-state index contributed by atoms with van der Waals surface area (Å²) in [5, 5.41) is 17.0. The number of nitrogens with one attached hydrogen (secondary N) is 1. The summed E-state index contributed by atoms with van der Waals surface area (Å²) >= 11 is 0. The van der Waals surface area contributed by atoms with Crippen LogP contribution in [0.4, 0.5) is 5.69 Å². The Morgan fingerprint density at radius 3 is 2.50 bits per heavy atom. The average molecular weight is 450 g/mol. The smallest absolute Gasteiger partial charge is 0.272 e. The standard InChI is InChI=1S/C26H23N7O/c1-6-23-21-11-16(7-8-19(21)26(34)31-30-23)22-13-29-33(5)25(22)20-10-9-18(15(2)24(20)27-3)17-12-28-32(4)14-17/h7-14H,6H2,1-2,4-5H3,(H,31,34). The number of H-pyrrole nitrogens is 1. The normalized spacial score (nSPS) is 11.1. The molecule has 0 amide bonds. The summed E-state index contributed by atoms with van der Waals surface area (Å²) in [6.07, 6.45) is 6.26. The van der Waals surface area contributed by atoms with Crippen LogP contribution in [0.15, 0.2) is 53.7 Å². The van der Waals surface area contributed by atoms with E-state index in [0.717, 1.165) is 50.2 Å². The molecule has 1 N–H and O–H groups in total. The molecular formula is C26H23N7O. The minimum atomic E-state index is -0.206. The van der Waals surface area contributed by atoms with Crippen LogP contribution in [0.2, 0.25) is 0 Å². The monoisotopic (exact) mass is 449 g/mol. The van der Waals surface area contributed by atoms with Gasteiger partial charge in [0.15, 0.2) is 5.69 Å². The Morgan fingerprint density at radius 1 is 1.00 bits per heavy atom. The Balaban J connectivity index is 1.72. The van der Waals surface area contributed by atoms with Crippen molar-refractivity contribution in [2.45, 2.75) is 20.3 Å². The molecule has 0 bridgehead atoms. The minimum absolute atomic E-state index is 0.206. The minimum Gasteiger partial charge on any atom is -0.275 e. The van der Waals surface area contributed by atoms with Crippen LogP contribution in [-0.4, -0.2) is 29.8 Å². The van der Waals surface area contributed by atoms with Crippen LogP contribution in [0.5, 0.6) is 0 Å². The third kappa shape index (κ3) is 3.30. The summed E-state index contributed by atoms with van der Waals surface area (Å²) in [6, 6.07) is 9.75. The highest BCUT2D eigenvalue weighted by Crippen LogP contribution is 2.42. The van der Waals surface area contributed by atoms with Gasteiger partial charge in [-0.15, -0.1) is 0 Å². The molecule has 0 aliphatic rings. The first-order valence-electron chi connectivity index (χ1n) is 11.0. The first-order chi connectivity index (χ1) is 16.4. The van der Waals surface area contributed by atoms with Gasteiger partial charge in [0.2, 0.25) is 0 Å². The van der Waals surface area contributed by atoms with Crippen molar-refractivity contribution >= 4 is 16.5 Å². The molecule has 0 atom stereocenters. The summed E-state index contributed by atoms with van der Waals surface area (Å²) in [6.45, 7) is 11.9. The molecule has 2 aromatic carbocycles. The Morgan fingerprint density at radius 2 is 1.79 bits per heavy atom. The lowest BCUT2D eigenvalue weighted by Gasteiger charge is -2.14.